The highest BCUT2D eigenvalue weighted by Gasteiger charge is 2.37. The molecule has 0 unspecified atom stereocenters. The molecule has 5 rings (SSSR count). The second kappa shape index (κ2) is 6.65. The number of benzene rings is 2. The molecule has 0 amide bonds. The van der Waals surface area contributed by atoms with Gasteiger partial charge < -0.3 is 5.32 Å². The van der Waals surface area contributed by atoms with E-state index in [1.165, 1.54) is 22.5 Å². The fourth-order valence-electron chi connectivity index (χ4n) is 4.71. The highest BCUT2D eigenvalue weighted by molar-refractivity contribution is 7.89. The normalized spacial score (nSPS) is 14.8. The van der Waals surface area contributed by atoms with Crippen molar-refractivity contribution in [3.63, 3.8) is 0 Å². The molecule has 3 heterocycles. The summed E-state index contributed by atoms with van der Waals surface area (Å²) in [6, 6.07) is 8.76. The quantitative estimate of drug-likeness (QED) is 0.498. The minimum atomic E-state index is -3.46. The van der Waals surface area contributed by atoms with Crippen molar-refractivity contribution in [1.29, 1.82) is 0 Å². The third-order valence-electron chi connectivity index (χ3n) is 6.10. The fourth-order valence-corrected chi connectivity index (χ4v) is 5.51. The van der Waals surface area contributed by atoms with E-state index < -0.39 is 15.6 Å². The van der Waals surface area contributed by atoms with Crippen LogP contribution in [-0.2, 0) is 22.0 Å². The van der Waals surface area contributed by atoms with E-state index >= 15 is 4.39 Å². The molecule has 9 heteroatoms. The maximum absolute atomic E-state index is 15.6. The summed E-state index contributed by atoms with van der Waals surface area (Å²) < 4.78 is 43.2. The van der Waals surface area contributed by atoms with Crippen molar-refractivity contribution < 1.29 is 12.8 Å². The van der Waals surface area contributed by atoms with Crippen LogP contribution in [0.15, 0.2) is 36.5 Å². The zero-order chi connectivity index (χ0) is 23.0. The molecule has 2 aromatic carbocycles. The lowest BCUT2D eigenvalue weighted by Gasteiger charge is -2.35. The van der Waals surface area contributed by atoms with Gasteiger partial charge in [-0.1, -0.05) is 19.1 Å². The Hall–Kier alpha value is -3.20. The molecule has 1 aliphatic heterocycles. The Balaban J connectivity index is 1.87. The third kappa shape index (κ3) is 2.80. The topological polar surface area (TPSA) is 81.8 Å². The fraction of sp³-hybridized carbons (Fsp3) is 0.304. The Bertz CT molecular complexity index is 1520. The Morgan fingerprint density at radius 1 is 1.16 bits per heavy atom. The van der Waals surface area contributed by atoms with Crippen LogP contribution >= 0.6 is 0 Å². The van der Waals surface area contributed by atoms with Crippen molar-refractivity contribution in [3.05, 3.63) is 59.6 Å². The average molecular weight is 454 g/mol. The first-order valence-electron chi connectivity index (χ1n) is 10.4. The molecule has 1 aliphatic rings. The number of anilines is 1. The molecule has 0 atom stereocenters. The molecule has 4 aromatic rings. The van der Waals surface area contributed by atoms with Gasteiger partial charge in [0.15, 0.2) is 5.82 Å². The van der Waals surface area contributed by atoms with Gasteiger partial charge in [-0.3, -0.25) is 4.57 Å². The van der Waals surface area contributed by atoms with Gasteiger partial charge in [0.25, 0.3) is 0 Å². The van der Waals surface area contributed by atoms with Crippen molar-refractivity contribution >= 4 is 26.6 Å². The minimum absolute atomic E-state index is 0.376. The van der Waals surface area contributed by atoms with Crippen LogP contribution in [0.3, 0.4) is 0 Å². The van der Waals surface area contributed by atoms with E-state index in [0.29, 0.717) is 29.1 Å². The van der Waals surface area contributed by atoms with Crippen LogP contribution < -0.4 is 5.32 Å². The van der Waals surface area contributed by atoms with Gasteiger partial charge in [-0.15, -0.1) is 10.2 Å². The lowest BCUT2D eigenvalue weighted by Crippen LogP contribution is -2.37. The summed E-state index contributed by atoms with van der Waals surface area (Å²) in [6.45, 7) is 7.78. The van der Waals surface area contributed by atoms with Crippen molar-refractivity contribution in [2.75, 3.05) is 11.6 Å². The summed E-state index contributed by atoms with van der Waals surface area (Å²) >= 11 is 0. The van der Waals surface area contributed by atoms with E-state index in [4.69, 9.17) is 0 Å². The van der Waals surface area contributed by atoms with Crippen LogP contribution in [0, 0.1) is 12.7 Å². The summed E-state index contributed by atoms with van der Waals surface area (Å²) in [5.74, 6) is 1.03. The van der Waals surface area contributed by atoms with Gasteiger partial charge >= 0.3 is 0 Å². The zero-order valence-corrected chi connectivity index (χ0v) is 19.4. The largest absolute Gasteiger partial charge is 0.369 e. The standard InChI is InChI=1S/C23H24FN5O2S/c1-6-14-17(15-8-7-9-19-16(15)10-11-28(19)32(5,30)31)12-18(24)20-21(14)29-13(2)26-27-22(29)23(3,4)25-20/h7-12,25H,6H2,1-5H3. The molecule has 2 aromatic heterocycles. The van der Waals surface area contributed by atoms with Gasteiger partial charge in [-0.25, -0.2) is 16.8 Å². The predicted octanol–water partition coefficient (Wildman–Crippen LogP) is 4.37. The number of nitrogens with zero attached hydrogens (tertiary/aromatic N) is 4. The summed E-state index contributed by atoms with van der Waals surface area (Å²) in [5.41, 5.74) is 3.54. The summed E-state index contributed by atoms with van der Waals surface area (Å²) in [5, 5.41) is 12.7. The first-order valence-corrected chi connectivity index (χ1v) is 12.3. The van der Waals surface area contributed by atoms with Crippen LogP contribution in [0.5, 0.6) is 0 Å². The Morgan fingerprint density at radius 2 is 1.91 bits per heavy atom. The second-order valence-electron chi connectivity index (χ2n) is 8.73. The summed E-state index contributed by atoms with van der Waals surface area (Å²) in [4.78, 5) is 0. The first kappa shape index (κ1) is 20.7. The van der Waals surface area contributed by atoms with E-state index in [9.17, 15) is 8.42 Å². The number of aromatic nitrogens is 4. The van der Waals surface area contributed by atoms with E-state index in [2.05, 4.69) is 15.5 Å². The van der Waals surface area contributed by atoms with Gasteiger partial charge in [-0.05, 0) is 62.1 Å². The SMILES string of the molecule is CCc1c(-c2cccc3c2ccn3S(C)(=O)=O)cc(F)c2c1-n1c(C)nnc1C(C)(C)N2. The number of halogens is 1. The van der Waals surface area contributed by atoms with Gasteiger partial charge in [0.1, 0.15) is 11.6 Å². The lowest BCUT2D eigenvalue weighted by atomic mass is 9.90. The van der Waals surface area contributed by atoms with E-state index in [0.717, 1.165) is 27.9 Å². The molecule has 0 radical (unpaired) electrons. The molecule has 0 saturated carbocycles. The molecule has 0 spiro atoms. The van der Waals surface area contributed by atoms with Gasteiger partial charge in [0.2, 0.25) is 10.0 Å². The first-order chi connectivity index (χ1) is 15.0. The van der Waals surface area contributed by atoms with Crippen molar-refractivity contribution in [1.82, 2.24) is 18.7 Å². The van der Waals surface area contributed by atoms with Crippen molar-refractivity contribution in [3.8, 4) is 16.8 Å². The van der Waals surface area contributed by atoms with E-state index in [-0.39, 0.29) is 5.82 Å². The maximum atomic E-state index is 15.6. The molecular weight excluding hydrogens is 429 g/mol. The van der Waals surface area contributed by atoms with Crippen molar-refractivity contribution in [2.24, 2.45) is 0 Å². The molecule has 166 valence electrons. The number of fused-ring (bicyclic) bond motifs is 4. The Kier molecular flexibility index (Phi) is 4.30. The number of hydrogen-bond acceptors (Lipinski definition) is 5. The lowest BCUT2D eigenvalue weighted by molar-refractivity contribution is 0.521. The van der Waals surface area contributed by atoms with Crippen LogP contribution in [-0.4, -0.2) is 33.4 Å². The van der Waals surface area contributed by atoms with Crippen molar-refractivity contribution in [2.45, 2.75) is 39.7 Å². The average Bonchev–Trinajstić information content (AvgIpc) is 3.32. The zero-order valence-electron chi connectivity index (χ0n) is 18.6. The molecule has 32 heavy (non-hydrogen) atoms. The molecule has 0 saturated heterocycles. The van der Waals surface area contributed by atoms with E-state index in [1.54, 1.807) is 18.2 Å². The smallest absolute Gasteiger partial charge is 0.236 e. The molecule has 0 bridgehead atoms. The molecule has 1 N–H and O–H groups in total. The monoisotopic (exact) mass is 453 g/mol. The minimum Gasteiger partial charge on any atom is -0.369 e. The van der Waals surface area contributed by atoms with Crippen LogP contribution in [0.25, 0.3) is 27.7 Å². The van der Waals surface area contributed by atoms with Gasteiger partial charge in [0, 0.05) is 11.6 Å². The predicted molar refractivity (Wildman–Crippen MR) is 123 cm³/mol. The summed E-state index contributed by atoms with van der Waals surface area (Å²) in [6.07, 6.45) is 3.34. The Morgan fingerprint density at radius 3 is 2.59 bits per heavy atom. The van der Waals surface area contributed by atoms with E-state index in [1.807, 2.05) is 38.3 Å². The van der Waals surface area contributed by atoms with Crippen LogP contribution in [0.1, 0.15) is 38.0 Å². The van der Waals surface area contributed by atoms with Gasteiger partial charge in [-0.2, -0.15) is 0 Å². The number of hydrogen-bond donors (Lipinski definition) is 1. The summed E-state index contributed by atoms with van der Waals surface area (Å²) in [7, 11) is -3.46. The number of rotatable bonds is 3. The van der Waals surface area contributed by atoms with Gasteiger partial charge in [0.05, 0.1) is 28.7 Å². The highest BCUT2D eigenvalue weighted by atomic mass is 32.2. The van der Waals surface area contributed by atoms with Crippen LogP contribution in [0.2, 0.25) is 0 Å². The second-order valence-corrected chi connectivity index (χ2v) is 10.6. The molecule has 7 nitrogen and oxygen atoms in total. The highest BCUT2D eigenvalue weighted by Crippen LogP contribution is 2.44. The molecular formula is C23H24FN5O2S. The number of nitrogens with one attached hydrogen (secondary N) is 1. The maximum Gasteiger partial charge on any atom is 0.236 e. The third-order valence-corrected chi connectivity index (χ3v) is 7.13. The molecule has 0 aliphatic carbocycles. The Labute approximate surface area is 185 Å². The molecule has 0 fully saturated rings. The van der Waals surface area contributed by atoms with Crippen LogP contribution in [0.4, 0.5) is 10.1 Å². The number of aryl methyl sites for hydroxylation is 1.